The van der Waals surface area contributed by atoms with Crippen LogP contribution in [-0.2, 0) is 13.2 Å². The number of nitrogens with zero attached hydrogens (tertiary/aromatic N) is 2. The summed E-state index contributed by atoms with van der Waals surface area (Å²) >= 11 is 0. The molecule has 0 saturated heterocycles. The highest BCUT2D eigenvalue weighted by Gasteiger charge is 2.13. The van der Waals surface area contributed by atoms with Gasteiger partial charge in [-0.25, -0.2) is 4.39 Å². The molecule has 0 N–H and O–H groups in total. The topological polar surface area (TPSA) is 84.5 Å². The lowest BCUT2D eigenvalue weighted by Crippen LogP contribution is -2.05. The maximum absolute atomic E-state index is 15.0. The van der Waals surface area contributed by atoms with E-state index in [-0.39, 0.29) is 13.2 Å². The van der Waals surface area contributed by atoms with Gasteiger partial charge in [0.2, 0.25) is 0 Å². The van der Waals surface area contributed by atoms with E-state index in [1.54, 1.807) is 54.6 Å². The fraction of sp³-hybridized carbons (Fsp3) is 0.167. The second-order valence-corrected chi connectivity index (χ2v) is 6.42. The average molecular weight is 418 g/mol. The zero-order valence-electron chi connectivity index (χ0n) is 17.0. The van der Waals surface area contributed by atoms with Crippen molar-refractivity contribution in [2.24, 2.45) is 0 Å². The van der Waals surface area contributed by atoms with E-state index in [0.717, 1.165) is 0 Å². The minimum absolute atomic E-state index is 0.0257. The third kappa shape index (κ3) is 5.04. The molecule has 0 aliphatic carbocycles. The van der Waals surface area contributed by atoms with Crippen LogP contribution < -0.4 is 18.9 Å². The zero-order chi connectivity index (χ0) is 22.2. The Morgan fingerprint density at radius 3 is 1.55 bits per heavy atom. The molecule has 0 aromatic heterocycles. The first-order valence-corrected chi connectivity index (χ1v) is 9.27. The molecule has 0 radical (unpaired) electrons. The molecule has 3 aromatic carbocycles. The normalized spacial score (nSPS) is 9.97. The quantitative estimate of drug-likeness (QED) is 0.525. The second kappa shape index (κ2) is 10.00. The van der Waals surface area contributed by atoms with E-state index in [0.29, 0.717) is 45.3 Å². The van der Waals surface area contributed by atoms with Crippen molar-refractivity contribution in [1.82, 2.24) is 0 Å². The summed E-state index contributed by atoms with van der Waals surface area (Å²) in [6.45, 7) is -0.0513. The summed E-state index contributed by atoms with van der Waals surface area (Å²) in [6, 6.07) is 18.5. The molecule has 0 bridgehead atoms. The molecule has 31 heavy (non-hydrogen) atoms. The number of benzene rings is 3. The third-order valence-corrected chi connectivity index (χ3v) is 4.51. The molecule has 0 amide bonds. The van der Waals surface area contributed by atoms with E-state index >= 15 is 0 Å². The van der Waals surface area contributed by atoms with Crippen LogP contribution in [0.1, 0.15) is 22.3 Å². The molecule has 3 aromatic rings. The predicted octanol–water partition coefficient (Wildman–Crippen LogP) is 4.74. The number of halogens is 1. The van der Waals surface area contributed by atoms with Gasteiger partial charge in [-0.15, -0.1) is 0 Å². The molecule has 7 heteroatoms. The molecular weight excluding hydrogens is 399 g/mol. The van der Waals surface area contributed by atoms with Crippen LogP contribution in [0.25, 0.3) is 0 Å². The van der Waals surface area contributed by atoms with Crippen LogP contribution in [-0.4, -0.2) is 14.2 Å². The highest BCUT2D eigenvalue weighted by atomic mass is 19.1. The van der Waals surface area contributed by atoms with Crippen molar-refractivity contribution in [2.45, 2.75) is 13.2 Å². The monoisotopic (exact) mass is 418 g/mol. The Labute approximate surface area is 179 Å². The molecule has 0 heterocycles. The van der Waals surface area contributed by atoms with Crippen LogP contribution in [0, 0.1) is 28.5 Å². The van der Waals surface area contributed by atoms with E-state index in [9.17, 15) is 4.39 Å². The number of hydrogen-bond acceptors (Lipinski definition) is 6. The van der Waals surface area contributed by atoms with Crippen molar-refractivity contribution in [3.05, 3.63) is 82.7 Å². The first-order valence-electron chi connectivity index (χ1n) is 9.27. The molecule has 0 fully saturated rings. The molecule has 0 unspecified atom stereocenters. The van der Waals surface area contributed by atoms with Gasteiger partial charge >= 0.3 is 0 Å². The zero-order valence-corrected chi connectivity index (χ0v) is 17.0. The Kier molecular flexibility index (Phi) is 6.93. The lowest BCUT2D eigenvalue weighted by atomic mass is 10.1. The molecule has 3 rings (SSSR count). The fourth-order valence-corrected chi connectivity index (χ4v) is 2.88. The van der Waals surface area contributed by atoms with Crippen LogP contribution >= 0.6 is 0 Å². The number of hydrogen-bond donors (Lipinski definition) is 0. The number of rotatable bonds is 8. The molecule has 0 saturated carbocycles. The van der Waals surface area contributed by atoms with E-state index < -0.39 is 5.82 Å². The van der Waals surface area contributed by atoms with E-state index in [1.165, 1.54) is 14.2 Å². The Hall–Kier alpha value is -4.23. The van der Waals surface area contributed by atoms with E-state index in [1.807, 2.05) is 12.1 Å². The van der Waals surface area contributed by atoms with Crippen LogP contribution in [0.2, 0.25) is 0 Å². The van der Waals surface area contributed by atoms with E-state index in [4.69, 9.17) is 29.5 Å². The van der Waals surface area contributed by atoms with Crippen molar-refractivity contribution in [3.63, 3.8) is 0 Å². The summed E-state index contributed by atoms with van der Waals surface area (Å²) in [7, 11) is 2.94. The summed E-state index contributed by atoms with van der Waals surface area (Å²) in [6.07, 6.45) is 0. The van der Waals surface area contributed by atoms with Gasteiger partial charge in [0.25, 0.3) is 0 Å². The summed E-state index contributed by atoms with van der Waals surface area (Å²) in [5.74, 6) is 1.16. The van der Waals surface area contributed by atoms with Gasteiger partial charge < -0.3 is 18.9 Å². The Balaban J connectivity index is 1.73. The number of methoxy groups -OCH3 is 2. The highest BCUT2D eigenvalue weighted by molar-refractivity contribution is 5.47. The average Bonchev–Trinajstić information content (AvgIpc) is 2.82. The minimum atomic E-state index is -0.442. The van der Waals surface area contributed by atoms with Gasteiger partial charge in [-0.3, -0.25) is 0 Å². The van der Waals surface area contributed by atoms with Crippen LogP contribution in [0.3, 0.4) is 0 Å². The fourth-order valence-electron chi connectivity index (χ4n) is 2.88. The van der Waals surface area contributed by atoms with Crippen molar-refractivity contribution in [1.29, 1.82) is 10.5 Å². The van der Waals surface area contributed by atoms with Crippen LogP contribution in [0.5, 0.6) is 23.0 Å². The Morgan fingerprint density at radius 2 is 1.16 bits per heavy atom. The van der Waals surface area contributed by atoms with Crippen molar-refractivity contribution in [2.75, 3.05) is 14.2 Å². The third-order valence-electron chi connectivity index (χ3n) is 4.51. The maximum Gasteiger partial charge on any atom is 0.162 e. The van der Waals surface area contributed by atoms with Gasteiger partial charge in [0.1, 0.15) is 19.0 Å². The summed E-state index contributed by atoms with van der Waals surface area (Å²) in [5.41, 5.74) is 1.57. The molecule has 6 nitrogen and oxygen atoms in total. The van der Waals surface area contributed by atoms with Crippen molar-refractivity contribution < 1.29 is 23.3 Å². The molecule has 0 spiro atoms. The minimum Gasteiger partial charge on any atom is -0.493 e. The number of ether oxygens (including phenoxy) is 4. The first-order chi connectivity index (χ1) is 15.1. The molecular formula is C24H19FN2O4. The molecule has 156 valence electrons. The second-order valence-electron chi connectivity index (χ2n) is 6.42. The molecule has 0 aliphatic heterocycles. The van der Waals surface area contributed by atoms with Gasteiger partial charge in [-0.05, 0) is 24.3 Å². The van der Waals surface area contributed by atoms with Gasteiger partial charge in [-0.1, -0.05) is 18.2 Å². The Morgan fingerprint density at radius 1 is 0.710 bits per heavy atom. The summed E-state index contributed by atoms with van der Waals surface area (Å²) in [5, 5.41) is 18.0. The maximum atomic E-state index is 15.0. The van der Waals surface area contributed by atoms with Crippen LogP contribution in [0.15, 0.2) is 54.6 Å². The summed E-state index contributed by atoms with van der Waals surface area (Å²) < 4.78 is 36.9. The smallest absolute Gasteiger partial charge is 0.162 e. The lowest BCUT2D eigenvalue weighted by Gasteiger charge is -2.14. The lowest BCUT2D eigenvalue weighted by molar-refractivity contribution is 0.270. The van der Waals surface area contributed by atoms with E-state index in [2.05, 4.69) is 0 Å². The van der Waals surface area contributed by atoms with Crippen LogP contribution in [0.4, 0.5) is 4.39 Å². The van der Waals surface area contributed by atoms with Gasteiger partial charge in [-0.2, -0.15) is 10.5 Å². The summed E-state index contributed by atoms with van der Waals surface area (Å²) in [4.78, 5) is 0. The largest absolute Gasteiger partial charge is 0.493 e. The highest BCUT2D eigenvalue weighted by Crippen LogP contribution is 2.30. The predicted molar refractivity (Wildman–Crippen MR) is 110 cm³/mol. The van der Waals surface area contributed by atoms with Crippen molar-refractivity contribution in [3.8, 4) is 35.1 Å². The first kappa shape index (κ1) is 21.5. The Bertz CT molecular complexity index is 1080. The number of nitriles is 2. The van der Waals surface area contributed by atoms with Gasteiger partial charge in [0, 0.05) is 23.3 Å². The molecule has 0 atom stereocenters. The van der Waals surface area contributed by atoms with Crippen molar-refractivity contribution >= 4 is 0 Å². The molecule has 0 aliphatic rings. The SMILES string of the molecule is COc1cc(C#N)ccc1OCc1cccc(COc2ccc(C#N)cc2OC)c1F. The van der Waals surface area contributed by atoms with Gasteiger partial charge in [0.15, 0.2) is 23.0 Å². The standard InChI is InChI=1S/C24H19FN2O4/c1-28-22-10-16(12-26)6-8-20(22)30-14-18-4-3-5-19(24(18)25)15-31-21-9-7-17(13-27)11-23(21)29-2/h3-11H,14-15H2,1-2H3. The van der Waals surface area contributed by atoms with Gasteiger partial charge in [0.05, 0.1) is 37.5 Å².